The lowest BCUT2D eigenvalue weighted by molar-refractivity contribution is -0.138. The van der Waals surface area contributed by atoms with Crippen molar-refractivity contribution in [2.75, 3.05) is 13.6 Å². The molecule has 2 aromatic heterocycles. The van der Waals surface area contributed by atoms with Crippen molar-refractivity contribution in [3.63, 3.8) is 0 Å². The van der Waals surface area contributed by atoms with Gasteiger partial charge in [0.25, 0.3) is 11.5 Å². The maximum atomic E-state index is 14.1. The Hall–Kier alpha value is -4.10. The van der Waals surface area contributed by atoms with Crippen molar-refractivity contribution < 1.29 is 18.0 Å². The maximum absolute atomic E-state index is 14.1. The van der Waals surface area contributed by atoms with Gasteiger partial charge >= 0.3 is 6.18 Å². The van der Waals surface area contributed by atoms with Crippen LogP contribution in [0.15, 0.2) is 64.1 Å². The molecule has 1 amide bonds. The fourth-order valence-corrected chi connectivity index (χ4v) is 5.94. The topological polar surface area (TPSA) is 115 Å². The number of hydrogen-bond donors (Lipinski definition) is 2. The molecule has 4 N–H and O–H groups in total. The largest absolute Gasteiger partial charge is 0.417 e. The van der Waals surface area contributed by atoms with E-state index in [4.69, 9.17) is 11.6 Å². The smallest absolute Gasteiger partial charge is 0.403 e. The van der Waals surface area contributed by atoms with Gasteiger partial charge in [-0.3, -0.25) is 14.2 Å². The van der Waals surface area contributed by atoms with Gasteiger partial charge in [0, 0.05) is 46.5 Å². The number of benzene rings is 2. The molecule has 0 aliphatic carbocycles. The minimum atomic E-state index is -4.62. The average molecular weight is 659 g/mol. The zero-order chi connectivity index (χ0) is 31.2. The van der Waals surface area contributed by atoms with Crippen LogP contribution in [-0.4, -0.2) is 43.6 Å². The Kier molecular flexibility index (Phi) is 8.14. The van der Waals surface area contributed by atoms with Gasteiger partial charge in [-0.05, 0) is 49.1 Å². The summed E-state index contributed by atoms with van der Waals surface area (Å²) in [4.78, 5) is 29.0. The molecular formula is C30H31BrF3N7O2. The van der Waals surface area contributed by atoms with Gasteiger partial charge in [-0.1, -0.05) is 41.9 Å². The Labute approximate surface area is 254 Å². The van der Waals surface area contributed by atoms with Crippen molar-refractivity contribution in [3.8, 4) is 5.69 Å². The number of nitrogens with zero attached hydrogens (tertiary/aromatic N) is 5. The lowest BCUT2D eigenvalue weighted by Crippen LogP contribution is -2.41. The number of nitrogens with two attached hydrogens (primary N) is 2. The maximum Gasteiger partial charge on any atom is 0.417 e. The molecule has 2 aromatic carbocycles. The Morgan fingerprint density at radius 2 is 1.84 bits per heavy atom. The third-order valence-corrected chi connectivity index (χ3v) is 8.15. The molecule has 3 heterocycles. The molecule has 13 heteroatoms. The predicted octanol–water partition coefficient (Wildman–Crippen LogP) is 4.73. The second-order valence-corrected chi connectivity index (χ2v) is 11.8. The molecule has 0 atom stereocenters. The van der Waals surface area contributed by atoms with E-state index in [2.05, 4.69) is 34.9 Å². The van der Waals surface area contributed by atoms with Crippen LogP contribution in [-0.2, 0) is 25.6 Å². The zero-order valence-corrected chi connectivity index (χ0v) is 25.4. The van der Waals surface area contributed by atoms with Gasteiger partial charge in [-0.2, -0.15) is 18.3 Å². The minimum absolute atomic E-state index is 0.0212. The summed E-state index contributed by atoms with van der Waals surface area (Å²) in [7, 11) is 1.68. The van der Waals surface area contributed by atoms with Gasteiger partial charge in [0.2, 0.25) is 0 Å². The van der Waals surface area contributed by atoms with Gasteiger partial charge in [0.15, 0.2) is 0 Å². The SMILES string of the molecule is CC(C)Cc1cnn2c3c(c(=O)n(-c4ccc(/C(=C/N)N(C)N)cc4)c12)CCN(C(=O)c1ccc(Br)c(C(F)(F)F)c1)C3. The van der Waals surface area contributed by atoms with Crippen LogP contribution in [0.2, 0.25) is 0 Å². The second kappa shape index (κ2) is 11.5. The van der Waals surface area contributed by atoms with Gasteiger partial charge in [0.1, 0.15) is 5.65 Å². The van der Waals surface area contributed by atoms with Crippen LogP contribution in [0.3, 0.4) is 0 Å². The van der Waals surface area contributed by atoms with Crippen LogP contribution in [0.25, 0.3) is 17.0 Å². The standard InChI is InChI=1S/C30H31BrF3N7O2/c1-17(2)12-20-15-37-41-26-16-39(28(42)19-6-9-24(31)23(13-19)30(32,33)34)11-10-22(26)29(43)40(27(20)41)21-7-4-18(5-8-21)25(14-35)38(3)36/h4-9,13-15,17H,10-12,16,35-36H2,1-3H3/b25-14-. The zero-order valence-electron chi connectivity index (χ0n) is 23.8. The van der Waals surface area contributed by atoms with Crippen molar-refractivity contribution in [2.24, 2.45) is 17.5 Å². The highest BCUT2D eigenvalue weighted by Crippen LogP contribution is 2.36. The molecule has 1 aliphatic rings. The molecule has 5 rings (SSSR count). The van der Waals surface area contributed by atoms with Gasteiger partial charge in [-0.15, -0.1) is 0 Å². The molecule has 0 fully saturated rings. The van der Waals surface area contributed by atoms with Crippen LogP contribution < -0.4 is 17.1 Å². The van der Waals surface area contributed by atoms with Crippen molar-refractivity contribution in [2.45, 2.75) is 39.4 Å². The van der Waals surface area contributed by atoms with Crippen LogP contribution in [0.4, 0.5) is 13.2 Å². The molecule has 0 unspecified atom stereocenters. The molecule has 0 spiro atoms. The highest BCUT2D eigenvalue weighted by Gasteiger charge is 2.35. The number of rotatable bonds is 6. The number of carbonyl (C=O) groups is 1. The first kappa shape index (κ1) is 30.4. The third kappa shape index (κ3) is 5.66. The lowest BCUT2D eigenvalue weighted by atomic mass is 10.0. The quantitative estimate of drug-likeness (QED) is 0.229. The Bertz CT molecular complexity index is 1790. The van der Waals surface area contributed by atoms with Crippen LogP contribution in [0.5, 0.6) is 0 Å². The minimum Gasteiger partial charge on any atom is -0.403 e. The van der Waals surface area contributed by atoms with E-state index >= 15 is 0 Å². The first-order valence-electron chi connectivity index (χ1n) is 13.6. The molecule has 0 bridgehead atoms. The molecule has 1 aliphatic heterocycles. The normalized spacial score (nSPS) is 14.0. The number of carbonyl (C=O) groups excluding carboxylic acids is 1. The number of hydrazine groups is 1. The number of aromatic nitrogens is 3. The Morgan fingerprint density at radius 3 is 2.44 bits per heavy atom. The Balaban J connectivity index is 1.60. The van der Waals surface area contributed by atoms with E-state index < -0.39 is 17.6 Å². The molecule has 43 heavy (non-hydrogen) atoms. The summed E-state index contributed by atoms with van der Waals surface area (Å²) in [6, 6.07) is 10.7. The number of fused-ring (bicyclic) bond motifs is 3. The van der Waals surface area contributed by atoms with Crippen LogP contribution in [0, 0.1) is 5.92 Å². The fourth-order valence-electron chi connectivity index (χ4n) is 5.47. The first-order chi connectivity index (χ1) is 20.3. The molecule has 9 nitrogen and oxygen atoms in total. The summed E-state index contributed by atoms with van der Waals surface area (Å²) in [5.41, 5.74) is 8.97. The molecule has 0 radical (unpaired) electrons. The number of halogens is 4. The van der Waals surface area contributed by atoms with Crippen molar-refractivity contribution in [1.82, 2.24) is 24.1 Å². The van der Waals surface area contributed by atoms with Gasteiger partial charge in [0.05, 0.1) is 35.4 Å². The van der Waals surface area contributed by atoms with Crippen LogP contribution in [0.1, 0.15) is 52.2 Å². The van der Waals surface area contributed by atoms with Crippen molar-refractivity contribution >= 4 is 33.2 Å². The molecule has 0 saturated carbocycles. The lowest BCUT2D eigenvalue weighted by Gasteiger charge is -2.30. The molecule has 226 valence electrons. The molecule has 4 aromatic rings. The van der Waals surface area contributed by atoms with E-state index in [0.717, 1.165) is 17.2 Å². The number of alkyl halides is 3. The second-order valence-electron chi connectivity index (χ2n) is 10.9. The molecule has 0 saturated heterocycles. The number of amides is 1. The third-order valence-electron chi connectivity index (χ3n) is 7.46. The summed E-state index contributed by atoms with van der Waals surface area (Å²) >= 11 is 2.92. The predicted molar refractivity (Wildman–Crippen MR) is 161 cm³/mol. The fraction of sp³-hybridized carbons (Fsp3) is 0.300. The van der Waals surface area contributed by atoms with Crippen LogP contribution >= 0.6 is 15.9 Å². The molecular weight excluding hydrogens is 627 g/mol. The summed E-state index contributed by atoms with van der Waals surface area (Å²) < 4.78 is 43.7. The first-order valence-corrected chi connectivity index (χ1v) is 14.4. The van der Waals surface area contributed by atoms with E-state index in [9.17, 15) is 22.8 Å². The Morgan fingerprint density at radius 1 is 1.16 bits per heavy atom. The van der Waals surface area contributed by atoms with Crippen molar-refractivity contribution in [3.05, 3.63) is 103 Å². The van der Waals surface area contributed by atoms with E-state index in [0.29, 0.717) is 34.7 Å². The van der Waals surface area contributed by atoms with Crippen molar-refractivity contribution in [1.29, 1.82) is 0 Å². The summed E-state index contributed by atoms with van der Waals surface area (Å²) in [5.74, 6) is 5.61. The van der Waals surface area contributed by atoms with E-state index in [1.165, 1.54) is 28.2 Å². The van der Waals surface area contributed by atoms with E-state index in [1.807, 2.05) is 24.3 Å². The summed E-state index contributed by atoms with van der Waals surface area (Å²) in [6.07, 6.45) is -0.623. The summed E-state index contributed by atoms with van der Waals surface area (Å²) in [6.45, 7) is 4.32. The summed E-state index contributed by atoms with van der Waals surface area (Å²) in [5, 5.41) is 6.04. The average Bonchev–Trinajstić information content (AvgIpc) is 3.35. The monoisotopic (exact) mass is 657 g/mol. The van der Waals surface area contributed by atoms with Gasteiger partial charge in [-0.25, -0.2) is 10.4 Å². The highest BCUT2D eigenvalue weighted by atomic mass is 79.9. The highest BCUT2D eigenvalue weighted by molar-refractivity contribution is 9.10. The van der Waals surface area contributed by atoms with Gasteiger partial charge < -0.3 is 15.6 Å². The van der Waals surface area contributed by atoms with E-state index in [-0.39, 0.29) is 41.0 Å². The number of hydrogen-bond acceptors (Lipinski definition) is 6. The van der Waals surface area contributed by atoms with E-state index in [1.54, 1.807) is 22.3 Å².